The van der Waals surface area contributed by atoms with Crippen LogP contribution in [0.5, 0.6) is 0 Å². The molecule has 18 heavy (non-hydrogen) atoms. The van der Waals surface area contributed by atoms with Crippen molar-refractivity contribution < 1.29 is 14.3 Å². The van der Waals surface area contributed by atoms with Gasteiger partial charge in [0.25, 0.3) is 5.91 Å². The van der Waals surface area contributed by atoms with E-state index in [0.717, 1.165) is 25.0 Å². The van der Waals surface area contributed by atoms with Crippen LogP contribution in [0.25, 0.3) is 0 Å². The smallest absolute Gasteiger partial charge is 0.255 e. The van der Waals surface area contributed by atoms with Crippen LogP contribution in [0.4, 0.5) is 0 Å². The molecule has 1 aromatic rings. The fraction of sp³-hybridized carbons (Fsp3) is 0.615. The molecule has 0 saturated carbocycles. The average molecular weight is 267 g/mol. The predicted octanol–water partition coefficient (Wildman–Crippen LogP) is 1.77. The van der Waals surface area contributed by atoms with Crippen molar-refractivity contribution in [2.75, 3.05) is 20.3 Å². The van der Waals surface area contributed by atoms with Crippen molar-refractivity contribution in [1.82, 2.24) is 4.90 Å². The molecule has 5 heteroatoms. The van der Waals surface area contributed by atoms with E-state index in [9.17, 15) is 4.79 Å². The molecular weight excluding hydrogens is 250 g/mol. The van der Waals surface area contributed by atoms with Gasteiger partial charge >= 0.3 is 0 Å². The van der Waals surface area contributed by atoms with Gasteiger partial charge in [0, 0.05) is 19.1 Å². The summed E-state index contributed by atoms with van der Waals surface area (Å²) in [5, 5.41) is 3.84. The Labute approximate surface area is 110 Å². The van der Waals surface area contributed by atoms with E-state index in [-0.39, 0.29) is 24.2 Å². The van der Waals surface area contributed by atoms with Crippen molar-refractivity contribution in [3.8, 4) is 0 Å². The van der Waals surface area contributed by atoms with Crippen molar-refractivity contribution >= 4 is 17.2 Å². The minimum absolute atomic E-state index is 0.0119. The number of ether oxygens (including phenoxy) is 2. The topological polar surface area (TPSA) is 38.8 Å². The fourth-order valence-electron chi connectivity index (χ4n) is 2.90. The van der Waals surface area contributed by atoms with Gasteiger partial charge in [-0.3, -0.25) is 4.79 Å². The second-order valence-corrected chi connectivity index (χ2v) is 5.57. The molecule has 1 aromatic heterocycles. The molecule has 2 fully saturated rings. The van der Waals surface area contributed by atoms with Gasteiger partial charge in [0.1, 0.15) is 12.2 Å². The highest BCUT2D eigenvalue weighted by Gasteiger charge is 2.46. The summed E-state index contributed by atoms with van der Waals surface area (Å²) in [6.45, 7) is 1.42. The largest absolute Gasteiger partial charge is 0.377 e. The number of fused-ring (bicyclic) bond motifs is 1. The molecular formula is C13H17NO3S. The highest BCUT2D eigenvalue weighted by atomic mass is 32.1. The van der Waals surface area contributed by atoms with Gasteiger partial charge in [0.05, 0.1) is 18.2 Å². The zero-order valence-electron chi connectivity index (χ0n) is 10.4. The van der Waals surface area contributed by atoms with Gasteiger partial charge in [-0.1, -0.05) is 0 Å². The summed E-state index contributed by atoms with van der Waals surface area (Å²) < 4.78 is 11.2. The molecule has 0 aliphatic carbocycles. The third kappa shape index (κ3) is 1.96. The SMILES string of the molecule is CO[C@H]1CN(C(=O)c2ccsc2)[C@@H]2CCCO[C@H]12. The van der Waals surface area contributed by atoms with E-state index in [0.29, 0.717) is 6.54 Å². The first-order chi connectivity index (χ1) is 8.81. The number of likely N-dealkylation sites (tertiary alicyclic amines) is 1. The minimum atomic E-state index is 0.0119. The van der Waals surface area contributed by atoms with Gasteiger partial charge < -0.3 is 14.4 Å². The van der Waals surface area contributed by atoms with Crippen molar-refractivity contribution in [2.45, 2.75) is 31.1 Å². The number of rotatable bonds is 2. The van der Waals surface area contributed by atoms with Crippen LogP contribution in [0.15, 0.2) is 16.8 Å². The number of hydrogen-bond donors (Lipinski definition) is 0. The Kier molecular flexibility index (Phi) is 3.37. The van der Waals surface area contributed by atoms with Crippen LogP contribution in [0.2, 0.25) is 0 Å². The number of thiophene rings is 1. The number of methoxy groups -OCH3 is 1. The fourth-order valence-corrected chi connectivity index (χ4v) is 3.53. The number of carbonyl (C=O) groups excluding carboxylic acids is 1. The van der Waals surface area contributed by atoms with Crippen LogP contribution < -0.4 is 0 Å². The van der Waals surface area contributed by atoms with E-state index in [2.05, 4.69) is 0 Å². The lowest BCUT2D eigenvalue weighted by Crippen LogP contribution is -2.43. The molecule has 2 aliphatic rings. The minimum Gasteiger partial charge on any atom is -0.377 e. The van der Waals surface area contributed by atoms with Crippen LogP contribution in [0, 0.1) is 0 Å². The predicted molar refractivity (Wildman–Crippen MR) is 68.9 cm³/mol. The van der Waals surface area contributed by atoms with Crippen LogP contribution in [-0.4, -0.2) is 49.3 Å². The highest BCUT2D eigenvalue weighted by molar-refractivity contribution is 7.08. The second kappa shape index (κ2) is 4.99. The molecule has 2 saturated heterocycles. The number of amides is 1. The van der Waals surface area contributed by atoms with E-state index >= 15 is 0 Å². The van der Waals surface area contributed by atoms with E-state index in [4.69, 9.17) is 9.47 Å². The summed E-state index contributed by atoms with van der Waals surface area (Å²) in [5.41, 5.74) is 0.779. The zero-order valence-corrected chi connectivity index (χ0v) is 11.2. The number of nitrogens with zero attached hydrogens (tertiary/aromatic N) is 1. The van der Waals surface area contributed by atoms with E-state index in [1.165, 1.54) is 0 Å². The Morgan fingerprint density at radius 1 is 1.61 bits per heavy atom. The van der Waals surface area contributed by atoms with Crippen molar-refractivity contribution in [3.63, 3.8) is 0 Å². The maximum absolute atomic E-state index is 12.4. The first-order valence-corrected chi connectivity index (χ1v) is 7.23. The third-order valence-corrected chi connectivity index (χ3v) is 4.49. The van der Waals surface area contributed by atoms with E-state index < -0.39 is 0 Å². The zero-order chi connectivity index (χ0) is 12.5. The molecule has 0 radical (unpaired) electrons. The molecule has 2 aliphatic heterocycles. The molecule has 98 valence electrons. The lowest BCUT2D eigenvalue weighted by atomic mass is 10.0. The normalized spacial score (nSPS) is 31.4. The molecule has 3 atom stereocenters. The quantitative estimate of drug-likeness (QED) is 0.819. The van der Waals surface area contributed by atoms with Crippen molar-refractivity contribution in [1.29, 1.82) is 0 Å². The van der Waals surface area contributed by atoms with Gasteiger partial charge in [-0.2, -0.15) is 11.3 Å². The third-order valence-electron chi connectivity index (χ3n) is 3.81. The average Bonchev–Trinajstić information content (AvgIpc) is 3.05. The molecule has 3 rings (SSSR count). The van der Waals surface area contributed by atoms with Crippen LogP contribution in [-0.2, 0) is 9.47 Å². The summed E-state index contributed by atoms with van der Waals surface area (Å²) in [5.74, 6) is 0.108. The summed E-state index contributed by atoms with van der Waals surface area (Å²) in [6.07, 6.45) is 2.09. The van der Waals surface area contributed by atoms with Gasteiger partial charge in [0.2, 0.25) is 0 Å². The molecule has 3 heterocycles. The second-order valence-electron chi connectivity index (χ2n) is 4.79. The van der Waals surface area contributed by atoms with Gasteiger partial charge in [0.15, 0.2) is 0 Å². The number of hydrogen-bond acceptors (Lipinski definition) is 4. The lowest BCUT2D eigenvalue weighted by Gasteiger charge is -2.31. The summed E-state index contributed by atoms with van der Waals surface area (Å²) >= 11 is 1.55. The van der Waals surface area contributed by atoms with Gasteiger partial charge in [-0.25, -0.2) is 0 Å². The van der Waals surface area contributed by atoms with Crippen molar-refractivity contribution in [3.05, 3.63) is 22.4 Å². The molecule has 0 N–H and O–H groups in total. The summed E-state index contributed by atoms with van der Waals surface area (Å²) in [7, 11) is 1.69. The Morgan fingerprint density at radius 2 is 2.50 bits per heavy atom. The molecule has 1 amide bonds. The number of carbonyl (C=O) groups is 1. The lowest BCUT2D eigenvalue weighted by molar-refractivity contribution is -0.0639. The monoisotopic (exact) mass is 267 g/mol. The Morgan fingerprint density at radius 3 is 3.22 bits per heavy atom. The van der Waals surface area contributed by atoms with Gasteiger partial charge in [-0.15, -0.1) is 0 Å². The van der Waals surface area contributed by atoms with Crippen molar-refractivity contribution in [2.24, 2.45) is 0 Å². The molecule has 0 spiro atoms. The Hall–Kier alpha value is -0.910. The summed E-state index contributed by atoms with van der Waals surface area (Å²) in [4.78, 5) is 14.4. The summed E-state index contributed by atoms with van der Waals surface area (Å²) in [6, 6.07) is 2.06. The first kappa shape index (κ1) is 12.1. The molecule has 4 nitrogen and oxygen atoms in total. The van der Waals surface area contributed by atoms with Crippen LogP contribution in [0.1, 0.15) is 23.2 Å². The van der Waals surface area contributed by atoms with Gasteiger partial charge in [-0.05, 0) is 24.3 Å². The Balaban J connectivity index is 1.82. The van der Waals surface area contributed by atoms with Crippen LogP contribution in [0.3, 0.4) is 0 Å². The Bertz CT molecular complexity index is 420. The van der Waals surface area contributed by atoms with Crippen LogP contribution >= 0.6 is 11.3 Å². The molecule has 0 bridgehead atoms. The molecule has 0 unspecified atom stereocenters. The highest BCUT2D eigenvalue weighted by Crippen LogP contribution is 2.31. The maximum atomic E-state index is 12.4. The van der Waals surface area contributed by atoms with E-state index in [1.807, 2.05) is 21.7 Å². The molecule has 0 aromatic carbocycles. The standard InChI is InChI=1S/C13H17NO3S/c1-16-11-7-14(10-3-2-5-17-12(10)11)13(15)9-4-6-18-8-9/h4,6,8,10-12H,2-3,5,7H2,1H3/t10-,11+,12+/m1/s1. The maximum Gasteiger partial charge on any atom is 0.255 e. The first-order valence-electron chi connectivity index (χ1n) is 6.29. The van der Waals surface area contributed by atoms with E-state index in [1.54, 1.807) is 18.4 Å².